The van der Waals surface area contributed by atoms with E-state index in [1.807, 2.05) is 13.8 Å². The average Bonchev–Trinajstić information content (AvgIpc) is 2.43. The Morgan fingerprint density at radius 3 is 2.61 bits per heavy atom. The van der Waals surface area contributed by atoms with E-state index in [0.717, 1.165) is 12.8 Å². The lowest BCUT2D eigenvalue weighted by atomic mass is 9.76. The van der Waals surface area contributed by atoms with Crippen LogP contribution in [0.15, 0.2) is 16.3 Å². The summed E-state index contributed by atoms with van der Waals surface area (Å²) in [6.07, 6.45) is 2.97. The summed E-state index contributed by atoms with van der Waals surface area (Å²) in [5.41, 5.74) is 6.41. The monoisotopic (exact) mass is 324 g/mol. The molecule has 1 aliphatic rings. The van der Waals surface area contributed by atoms with E-state index in [1.165, 1.54) is 7.11 Å². The number of allylic oxidation sites excluding steroid dienone is 2. The molecule has 23 heavy (non-hydrogen) atoms. The molecule has 0 saturated heterocycles. The van der Waals surface area contributed by atoms with Crippen LogP contribution in [0.25, 0.3) is 0 Å². The first-order chi connectivity index (χ1) is 10.7. The van der Waals surface area contributed by atoms with Crippen LogP contribution in [0.4, 0.5) is 0 Å². The molecule has 0 aromatic heterocycles. The number of aliphatic hydroxyl groups excluding tert-OH is 1. The summed E-state index contributed by atoms with van der Waals surface area (Å²) < 4.78 is 4.56. The van der Waals surface area contributed by atoms with Crippen LogP contribution in [-0.2, 0) is 14.3 Å². The van der Waals surface area contributed by atoms with Gasteiger partial charge in [0, 0.05) is 25.1 Å². The van der Waals surface area contributed by atoms with Gasteiger partial charge in [0.15, 0.2) is 5.78 Å². The predicted molar refractivity (Wildman–Crippen MR) is 89.5 cm³/mol. The second-order valence-corrected chi connectivity index (χ2v) is 6.86. The summed E-state index contributed by atoms with van der Waals surface area (Å²) in [5, 5.41) is 10.1. The first-order valence-corrected chi connectivity index (χ1v) is 7.98. The van der Waals surface area contributed by atoms with Crippen LogP contribution < -0.4 is 5.73 Å². The fraction of sp³-hybridized carbons (Fsp3) is 0.706. The Labute approximate surface area is 137 Å². The lowest BCUT2D eigenvalue weighted by molar-refractivity contribution is -0.142. The second kappa shape index (κ2) is 8.24. The number of ether oxygens (including phenoxy) is 1. The van der Waals surface area contributed by atoms with E-state index in [4.69, 9.17) is 5.73 Å². The quantitative estimate of drug-likeness (QED) is 0.425. The first kappa shape index (κ1) is 19.4. The van der Waals surface area contributed by atoms with Gasteiger partial charge < -0.3 is 15.6 Å². The van der Waals surface area contributed by atoms with Crippen molar-refractivity contribution in [1.29, 1.82) is 0 Å². The number of esters is 1. The number of carbonyl (C=O) groups excluding carboxylic acids is 2. The molecule has 0 fully saturated rings. The molecule has 0 radical (unpaired) electrons. The van der Waals surface area contributed by atoms with Crippen molar-refractivity contribution >= 4 is 17.5 Å². The van der Waals surface area contributed by atoms with E-state index in [2.05, 4.69) is 9.73 Å². The summed E-state index contributed by atoms with van der Waals surface area (Å²) >= 11 is 0. The first-order valence-electron chi connectivity index (χ1n) is 7.98. The maximum atomic E-state index is 12.2. The smallest absolute Gasteiger partial charge is 0.322 e. The van der Waals surface area contributed by atoms with Crippen molar-refractivity contribution < 1.29 is 19.4 Å². The molecular weight excluding hydrogens is 296 g/mol. The number of unbranched alkanes of at least 4 members (excludes halogenated alkanes) is 1. The average molecular weight is 324 g/mol. The highest BCUT2D eigenvalue weighted by molar-refractivity contribution is 6.22. The number of carbonyl (C=O) groups is 2. The Hall–Kier alpha value is -1.69. The topological polar surface area (TPSA) is 102 Å². The van der Waals surface area contributed by atoms with E-state index in [9.17, 15) is 14.7 Å². The van der Waals surface area contributed by atoms with E-state index >= 15 is 0 Å². The zero-order valence-electron chi connectivity index (χ0n) is 14.5. The number of hydrogen-bond donors (Lipinski definition) is 2. The normalized spacial score (nSPS) is 19.7. The molecule has 0 amide bonds. The van der Waals surface area contributed by atoms with E-state index < -0.39 is 12.0 Å². The maximum absolute atomic E-state index is 12.2. The highest BCUT2D eigenvalue weighted by Gasteiger charge is 2.33. The highest BCUT2D eigenvalue weighted by atomic mass is 16.5. The lowest BCUT2D eigenvalue weighted by Gasteiger charge is -2.29. The summed E-state index contributed by atoms with van der Waals surface area (Å²) in [6, 6.07) is -0.598. The third kappa shape index (κ3) is 5.78. The minimum Gasteiger partial charge on any atom is -0.511 e. The molecule has 0 spiro atoms. The van der Waals surface area contributed by atoms with Crippen LogP contribution in [0.2, 0.25) is 0 Å². The van der Waals surface area contributed by atoms with Gasteiger partial charge in [-0.15, -0.1) is 0 Å². The second-order valence-electron chi connectivity index (χ2n) is 6.86. The Kier molecular flexibility index (Phi) is 6.94. The Balaban J connectivity index is 2.52. The summed E-state index contributed by atoms with van der Waals surface area (Å²) in [4.78, 5) is 27.7. The summed E-state index contributed by atoms with van der Waals surface area (Å²) in [6.45, 7) is 6.22. The van der Waals surface area contributed by atoms with Crippen LogP contribution in [-0.4, -0.2) is 42.3 Å². The number of Topliss-reactive ketones (excluding diaryl/α,β-unsaturated/α-hetero) is 1. The van der Waals surface area contributed by atoms with Crippen LogP contribution in [0.1, 0.15) is 52.9 Å². The number of nitrogens with zero attached hydrogens (tertiary/aromatic N) is 1. The summed E-state index contributed by atoms with van der Waals surface area (Å²) in [5.74, 6) is -0.317. The predicted octanol–water partition coefficient (Wildman–Crippen LogP) is 2.32. The van der Waals surface area contributed by atoms with Gasteiger partial charge in [-0.2, -0.15) is 0 Å². The number of nitrogens with two attached hydrogens (primary N) is 1. The lowest BCUT2D eigenvalue weighted by Crippen LogP contribution is -2.31. The minimum atomic E-state index is -0.598. The number of hydrogen-bond acceptors (Lipinski definition) is 6. The third-order valence-electron chi connectivity index (χ3n) is 3.99. The summed E-state index contributed by atoms with van der Waals surface area (Å²) in [7, 11) is 1.32. The van der Waals surface area contributed by atoms with Gasteiger partial charge in [0.1, 0.15) is 11.8 Å². The van der Waals surface area contributed by atoms with Crippen LogP contribution >= 0.6 is 0 Å². The minimum absolute atomic E-state index is 0.0484. The Bertz CT molecular complexity index is 521. The van der Waals surface area contributed by atoms with Gasteiger partial charge >= 0.3 is 5.97 Å². The molecule has 3 N–H and O–H groups in total. The van der Waals surface area contributed by atoms with Crippen molar-refractivity contribution in [2.75, 3.05) is 13.7 Å². The third-order valence-corrected chi connectivity index (χ3v) is 3.99. The van der Waals surface area contributed by atoms with Gasteiger partial charge in [0.05, 0.1) is 12.7 Å². The van der Waals surface area contributed by atoms with Crippen LogP contribution in [0.3, 0.4) is 0 Å². The molecule has 0 saturated carbocycles. The van der Waals surface area contributed by atoms with Gasteiger partial charge in [-0.05, 0) is 31.6 Å². The van der Waals surface area contributed by atoms with E-state index in [-0.39, 0.29) is 17.0 Å². The molecule has 0 heterocycles. The van der Waals surface area contributed by atoms with Crippen molar-refractivity contribution in [2.24, 2.45) is 16.1 Å². The van der Waals surface area contributed by atoms with Gasteiger partial charge in [-0.3, -0.25) is 14.6 Å². The number of aliphatic imine (C=N–C) groups is 1. The molecule has 0 aromatic rings. The van der Waals surface area contributed by atoms with Crippen LogP contribution in [0, 0.1) is 5.41 Å². The zero-order valence-corrected chi connectivity index (χ0v) is 14.5. The Morgan fingerprint density at radius 2 is 2.04 bits per heavy atom. The molecule has 1 atom stereocenters. The molecule has 130 valence electrons. The molecule has 0 aromatic carbocycles. The van der Waals surface area contributed by atoms with Crippen molar-refractivity contribution in [2.45, 2.75) is 58.9 Å². The van der Waals surface area contributed by atoms with Crippen molar-refractivity contribution in [1.82, 2.24) is 0 Å². The van der Waals surface area contributed by atoms with Gasteiger partial charge in [0.2, 0.25) is 0 Å². The Morgan fingerprint density at radius 1 is 1.39 bits per heavy atom. The molecule has 1 rings (SSSR count). The molecular formula is C17H28N2O4. The van der Waals surface area contributed by atoms with Gasteiger partial charge in [-0.1, -0.05) is 13.8 Å². The van der Waals surface area contributed by atoms with E-state index in [1.54, 1.807) is 6.92 Å². The van der Waals surface area contributed by atoms with Crippen LogP contribution in [0.5, 0.6) is 0 Å². The molecule has 6 heteroatoms. The molecule has 6 nitrogen and oxygen atoms in total. The maximum Gasteiger partial charge on any atom is 0.322 e. The fourth-order valence-corrected chi connectivity index (χ4v) is 2.77. The fourth-order valence-electron chi connectivity index (χ4n) is 2.77. The van der Waals surface area contributed by atoms with Gasteiger partial charge in [0.25, 0.3) is 0 Å². The van der Waals surface area contributed by atoms with Crippen molar-refractivity contribution in [3.05, 3.63) is 11.3 Å². The molecule has 0 aliphatic heterocycles. The molecule has 0 unspecified atom stereocenters. The number of ketones is 1. The number of methoxy groups -OCH3 is 1. The zero-order chi connectivity index (χ0) is 17.6. The van der Waals surface area contributed by atoms with E-state index in [0.29, 0.717) is 37.1 Å². The number of rotatable bonds is 7. The van der Waals surface area contributed by atoms with Crippen molar-refractivity contribution in [3.63, 3.8) is 0 Å². The SMILES string of the molecule is COC(=O)[C@@H](N)CCCCN=C(C)C1=C(O)CC(C)(C)CC1=O. The molecule has 1 aliphatic carbocycles. The number of aliphatic hydroxyl groups is 1. The largest absolute Gasteiger partial charge is 0.511 e. The highest BCUT2D eigenvalue weighted by Crippen LogP contribution is 2.36. The standard InChI is InChI=1S/C17H28N2O4/c1-11(15-13(20)9-17(2,3)10-14(15)21)19-8-6-5-7-12(18)16(22)23-4/h12,20H,5-10,18H2,1-4H3/t12-/m0/s1. The van der Waals surface area contributed by atoms with Crippen molar-refractivity contribution in [3.8, 4) is 0 Å². The molecule has 0 bridgehead atoms. The van der Waals surface area contributed by atoms with Gasteiger partial charge in [-0.25, -0.2) is 0 Å².